The molecule has 0 aliphatic rings. The Morgan fingerprint density at radius 3 is 2.94 bits per heavy atom. The first kappa shape index (κ1) is 12.3. The van der Waals surface area contributed by atoms with E-state index in [1.807, 2.05) is 19.2 Å². The Morgan fingerprint density at radius 2 is 2.33 bits per heavy atom. The summed E-state index contributed by atoms with van der Waals surface area (Å²) < 4.78 is 1.66. The van der Waals surface area contributed by atoms with Crippen molar-refractivity contribution in [3.63, 3.8) is 0 Å². The molecule has 0 bridgehead atoms. The second-order valence-electron chi connectivity index (χ2n) is 3.68. The van der Waals surface area contributed by atoms with Crippen LogP contribution in [0.2, 0.25) is 0 Å². The van der Waals surface area contributed by atoms with Gasteiger partial charge in [0.1, 0.15) is 0 Å². The van der Waals surface area contributed by atoms with Crippen molar-refractivity contribution in [2.45, 2.75) is 6.92 Å². The topological polar surface area (TPSA) is 71.8 Å². The number of nitrogens with one attached hydrogen (secondary N) is 2. The van der Waals surface area contributed by atoms with Crippen LogP contribution < -0.4 is 10.6 Å². The van der Waals surface area contributed by atoms with Gasteiger partial charge in [0.05, 0.1) is 18.4 Å². The summed E-state index contributed by atoms with van der Waals surface area (Å²) in [4.78, 5) is 15.7. The van der Waals surface area contributed by atoms with E-state index in [9.17, 15) is 4.79 Å². The van der Waals surface area contributed by atoms with E-state index in [-0.39, 0.29) is 5.91 Å². The maximum atomic E-state index is 11.5. The third-order valence-corrected chi connectivity index (χ3v) is 2.31. The number of anilines is 1. The fourth-order valence-electron chi connectivity index (χ4n) is 1.44. The van der Waals surface area contributed by atoms with Gasteiger partial charge in [0.2, 0.25) is 5.91 Å². The first-order valence-electron chi connectivity index (χ1n) is 5.76. The molecule has 0 radical (unpaired) electrons. The van der Waals surface area contributed by atoms with Crippen molar-refractivity contribution in [2.75, 3.05) is 18.4 Å². The van der Waals surface area contributed by atoms with Crippen molar-refractivity contribution in [3.8, 4) is 5.82 Å². The number of aromatic nitrogens is 3. The minimum Gasteiger partial charge on any atom is -0.324 e. The van der Waals surface area contributed by atoms with Crippen molar-refractivity contribution in [1.29, 1.82) is 0 Å². The lowest BCUT2D eigenvalue weighted by atomic mass is 10.4. The Hall–Kier alpha value is -2.21. The molecular formula is C12H15N5O. The Balaban J connectivity index is 1.98. The number of pyridine rings is 1. The third kappa shape index (κ3) is 3.14. The summed E-state index contributed by atoms with van der Waals surface area (Å²) in [6, 6.07) is 5.43. The Morgan fingerprint density at radius 1 is 1.44 bits per heavy atom. The first-order chi connectivity index (χ1) is 8.79. The van der Waals surface area contributed by atoms with E-state index >= 15 is 0 Å². The monoisotopic (exact) mass is 245 g/mol. The molecule has 0 saturated carbocycles. The fraction of sp³-hybridized carbons (Fsp3) is 0.250. The first-order valence-corrected chi connectivity index (χ1v) is 5.76. The SMILES string of the molecule is CCNCC(=O)Nc1ccc(-n2cccn2)nc1. The molecule has 1 amide bonds. The lowest BCUT2D eigenvalue weighted by Gasteiger charge is -2.06. The molecule has 6 heteroatoms. The summed E-state index contributed by atoms with van der Waals surface area (Å²) >= 11 is 0. The number of hydrogen-bond acceptors (Lipinski definition) is 4. The molecule has 94 valence electrons. The van der Waals surface area contributed by atoms with Gasteiger partial charge in [0.15, 0.2) is 5.82 Å². The summed E-state index contributed by atoms with van der Waals surface area (Å²) in [6.45, 7) is 3.02. The molecule has 0 aromatic carbocycles. The molecule has 0 aliphatic carbocycles. The molecule has 2 heterocycles. The molecule has 0 aliphatic heterocycles. The molecule has 0 spiro atoms. The summed E-state index contributed by atoms with van der Waals surface area (Å²) in [5.74, 6) is 0.634. The van der Waals surface area contributed by atoms with Crippen LogP contribution in [0, 0.1) is 0 Å². The number of amides is 1. The van der Waals surface area contributed by atoms with E-state index in [0.29, 0.717) is 18.1 Å². The average Bonchev–Trinajstić information content (AvgIpc) is 2.91. The Bertz CT molecular complexity index is 492. The average molecular weight is 245 g/mol. The molecule has 18 heavy (non-hydrogen) atoms. The van der Waals surface area contributed by atoms with E-state index < -0.39 is 0 Å². The Kier molecular flexibility index (Phi) is 4.03. The van der Waals surface area contributed by atoms with E-state index in [1.54, 1.807) is 29.2 Å². The largest absolute Gasteiger partial charge is 0.324 e. The normalized spacial score (nSPS) is 10.3. The predicted molar refractivity (Wildman–Crippen MR) is 68.5 cm³/mol. The third-order valence-electron chi connectivity index (χ3n) is 2.31. The van der Waals surface area contributed by atoms with E-state index in [4.69, 9.17) is 0 Å². The minimum atomic E-state index is -0.0783. The predicted octanol–water partition coefficient (Wildman–Crippen LogP) is 0.815. The van der Waals surface area contributed by atoms with Crippen LogP contribution in [-0.2, 0) is 4.79 Å². The number of hydrogen-bond donors (Lipinski definition) is 2. The highest BCUT2D eigenvalue weighted by Gasteiger charge is 2.02. The zero-order valence-electron chi connectivity index (χ0n) is 10.1. The van der Waals surface area contributed by atoms with Crippen molar-refractivity contribution in [3.05, 3.63) is 36.8 Å². The van der Waals surface area contributed by atoms with Crippen molar-refractivity contribution < 1.29 is 4.79 Å². The molecule has 2 aromatic rings. The van der Waals surface area contributed by atoms with Crippen LogP contribution in [0.15, 0.2) is 36.8 Å². The van der Waals surface area contributed by atoms with Gasteiger partial charge in [0.25, 0.3) is 0 Å². The molecular weight excluding hydrogens is 230 g/mol. The number of carbonyl (C=O) groups excluding carboxylic acids is 1. The maximum absolute atomic E-state index is 11.5. The van der Waals surface area contributed by atoms with Crippen molar-refractivity contribution >= 4 is 11.6 Å². The van der Waals surface area contributed by atoms with Gasteiger partial charge < -0.3 is 10.6 Å². The zero-order valence-corrected chi connectivity index (χ0v) is 10.1. The van der Waals surface area contributed by atoms with Gasteiger partial charge in [-0.05, 0) is 24.7 Å². The highest BCUT2D eigenvalue weighted by Crippen LogP contribution is 2.08. The Labute approximate surface area is 105 Å². The highest BCUT2D eigenvalue weighted by atomic mass is 16.1. The number of nitrogens with zero attached hydrogens (tertiary/aromatic N) is 3. The number of rotatable bonds is 5. The smallest absolute Gasteiger partial charge is 0.238 e. The van der Waals surface area contributed by atoms with E-state index in [0.717, 1.165) is 6.54 Å². The van der Waals surface area contributed by atoms with Crippen LogP contribution in [0.3, 0.4) is 0 Å². The molecule has 0 atom stereocenters. The van der Waals surface area contributed by atoms with Gasteiger partial charge in [-0.15, -0.1) is 0 Å². The lowest BCUT2D eigenvalue weighted by molar-refractivity contribution is -0.115. The zero-order chi connectivity index (χ0) is 12.8. The molecule has 2 aromatic heterocycles. The van der Waals surface area contributed by atoms with Crippen LogP contribution in [0.4, 0.5) is 5.69 Å². The quantitative estimate of drug-likeness (QED) is 0.818. The second-order valence-corrected chi connectivity index (χ2v) is 3.68. The number of likely N-dealkylation sites (N-methyl/N-ethyl adjacent to an activating group) is 1. The van der Waals surface area contributed by atoms with Gasteiger partial charge in [-0.3, -0.25) is 4.79 Å². The summed E-state index contributed by atoms with van der Waals surface area (Å²) in [6.07, 6.45) is 5.11. The van der Waals surface area contributed by atoms with Crippen molar-refractivity contribution in [2.24, 2.45) is 0 Å². The second kappa shape index (κ2) is 5.92. The van der Waals surface area contributed by atoms with Gasteiger partial charge in [-0.2, -0.15) is 5.10 Å². The summed E-state index contributed by atoms with van der Waals surface area (Å²) in [7, 11) is 0. The van der Waals surface area contributed by atoms with E-state index in [2.05, 4.69) is 20.7 Å². The molecule has 0 saturated heterocycles. The molecule has 2 rings (SSSR count). The van der Waals surface area contributed by atoms with Crippen LogP contribution >= 0.6 is 0 Å². The standard InChI is InChI=1S/C12H15N5O/c1-2-13-9-12(18)16-10-4-5-11(14-8-10)17-7-3-6-15-17/h3-8,13H,2,9H2,1H3,(H,16,18). The molecule has 0 unspecified atom stereocenters. The minimum absolute atomic E-state index is 0.0783. The van der Waals surface area contributed by atoms with Gasteiger partial charge in [-0.1, -0.05) is 6.92 Å². The lowest BCUT2D eigenvalue weighted by Crippen LogP contribution is -2.27. The van der Waals surface area contributed by atoms with Gasteiger partial charge in [0, 0.05) is 12.4 Å². The highest BCUT2D eigenvalue weighted by molar-refractivity contribution is 5.92. The summed E-state index contributed by atoms with van der Waals surface area (Å²) in [5, 5.41) is 9.79. The summed E-state index contributed by atoms with van der Waals surface area (Å²) in [5.41, 5.74) is 0.675. The molecule has 6 nitrogen and oxygen atoms in total. The van der Waals surface area contributed by atoms with Crippen LogP contribution in [0.1, 0.15) is 6.92 Å². The maximum Gasteiger partial charge on any atom is 0.238 e. The molecule has 0 fully saturated rings. The van der Waals surface area contributed by atoms with Crippen LogP contribution in [0.25, 0.3) is 5.82 Å². The number of carbonyl (C=O) groups is 1. The van der Waals surface area contributed by atoms with Crippen LogP contribution in [-0.4, -0.2) is 33.8 Å². The van der Waals surface area contributed by atoms with E-state index in [1.165, 1.54) is 0 Å². The molecule has 2 N–H and O–H groups in total. The van der Waals surface area contributed by atoms with Gasteiger partial charge >= 0.3 is 0 Å². The van der Waals surface area contributed by atoms with Crippen molar-refractivity contribution in [1.82, 2.24) is 20.1 Å². The van der Waals surface area contributed by atoms with Gasteiger partial charge in [-0.25, -0.2) is 9.67 Å². The fourth-order valence-corrected chi connectivity index (χ4v) is 1.44. The van der Waals surface area contributed by atoms with Crippen LogP contribution in [0.5, 0.6) is 0 Å².